The number of esters is 1. The van der Waals surface area contributed by atoms with Gasteiger partial charge in [-0.05, 0) is 32.2 Å². The maximum Gasteiger partial charge on any atom is 0.332 e. The van der Waals surface area contributed by atoms with E-state index in [-0.39, 0.29) is 11.6 Å². The highest BCUT2D eigenvalue weighted by Gasteiger charge is 2.61. The molecule has 0 aromatic carbocycles. The van der Waals surface area contributed by atoms with Gasteiger partial charge in [0.25, 0.3) is 0 Å². The van der Waals surface area contributed by atoms with Crippen molar-refractivity contribution in [2.24, 2.45) is 5.92 Å². The van der Waals surface area contributed by atoms with Crippen molar-refractivity contribution in [3.05, 3.63) is 23.3 Å². The predicted molar refractivity (Wildman–Crippen MR) is 78.2 cm³/mol. The summed E-state index contributed by atoms with van der Waals surface area (Å²) in [4.78, 5) is 14.5. The van der Waals surface area contributed by atoms with Crippen LogP contribution in [0.5, 0.6) is 0 Å². The summed E-state index contributed by atoms with van der Waals surface area (Å²) in [6.07, 6.45) is 11.0. The molecule has 2 saturated heterocycles. The third kappa shape index (κ3) is 1.63. The Kier molecular flexibility index (Phi) is 2.31. The van der Waals surface area contributed by atoms with E-state index in [2.05, 4.69) is 22.8 Å². The Hall–Kier alpha value is -1.53. The number of ether oxygens (including phenoxy) is 1. The second-order valence-corrected chi connectivity index (χ2v) is 7.01. The van der Waals surface area contributed by atoms with E-state index >= 15 is 0 Å². The number of nitrogens with zero attached hydrogens (tertiary/aromatic N) is 1. The molecule has 3 unspecified atom stereocenters. The molecule has 2 aliphatic carbocycles. The molecule has 0 amide bonds. The van der Waals surface area contributed by atoms with Crippen LogP contribution in [0.3, 0.4) is 0 Å². The Morgan fingerprint density at radius 3 is 3.05 bits per heavy atom. The fraction of sp³-hybridized carbons (Fsp3) is 0.611. The van der Waals surface area contributed by atoms with Crippen LogP contribution in [0, 0.1) is 17.8 Å². The first-order valence-corrected chi connectivity index (χ1v) is 8.21. The summed E-state index contributed by atoms with van der Waals surface area (Å²) in [5, 5.41) is 0. The van der Waals surface area contributed by atoms with E-state index in [0.717, 1.165) is 30.5 Å². The van der Waals surface area contributed by atoms with Crippen LogP contribution in [0.15, 0.2) is 23.3 Å². The standard InChI is InChI=1S/C18H19NO2/c20-17-10-15-13(7-6-12-4-5-12)9-14-11-18(15,21-17)16-3-1-2-8-19(14)16/h9-10,12,14,16H,1-5,8,11H2. The molecule has 1 saturated carbocycles. The summed E-state index contributed by atoms with van der Waals surface area (Å²) in [6.45, 7) is 1.13. The fourth-order valence-corrected chi connectivity index (χ4v) is 4.58. The highest BCUT2D eigenvalue weighted by molar-refractivity contribution is 5.90. The number of hydrogen-bond acceptors (Lipinski definition) is 3. The average molecular weight is 281 g/mol. The lowest BCUT2D eigenvalue weighted by molar-refractivity contribution is -0.148. The monoisotopic (exact) mass is 281 g/mol. The Bertz CT molecular complexity index is 646. The quantitative estimate of drug-likeness (QED) is 0.503. The van der Waals surface area contributed by atoms with Crippen LogP contribution in [0.2, 0.25) is 0 Å². The number of carbonyl (C=O) groups excluding carboxylic acids is 1. The van der Waals surface area contributed by atoms with E-state index in [4.69, 9.17) is 4.74 Å². The van der Waals surface area contributed by atoms with Gasteiger partial charge >= 0.3 is 5.97 Å². The van der Waals surface area contributed by atoms with E-state index in [1.165, 1.54) is 25.7 Å². The molecular formula is C18H19NO2. The van der Waals surface area contributed by atoms with Gasteiger partial charge < -0.3 is 4.74 Å². The summed E-state index contributed by atoms with van der Waals surface area (Å²) >= 11 is 0. The van der Waals surface area contributed by atoms with Gasteiger partial charge in [-0.25, -0.2) is 4.79 Å². The zero-order chi connectivity index (χ0) is 14.0. The summed E-state index contributed by atoms with van der Waals surface area (Å²) in [7, 11) is 0. The van der Waals surface area contributed by atoms with Crippen LogP contribution >= 0.6 is 0 Å². The largest absolute Gasteiger partial charge is 0.449 e. The molecule has 0 aromatic rings. The highest BCUT2D eigenvalue weighted by Crippen LogP contribution is 2.53. The zero-order valence-corrected chi connectivity index (χ0v) is 12.1. The minimum atomic E-state index is -0.384. The Morgan fingerprint density at radius 1 is 1.29 bits per heavy atom. The van der Waals surface area contributed by atoms with Crippen LogP contribution in [-0.2, 0) is 9.53 Å². The lowest BCUT2D eigenvalue weighted by Crippen LogP contribution is -2.48. The summed E-state index contributed by atoms with van der Waals surface area (Å²) in [5.41, 5.74) is 1.76. The topological polar surface area (TPSA) is 29.5 Å². The molecule has 2 bridgehead atoms. The maximum absolute atomic E-state index is 12.0. The Morgan fingerprint density at radius 2 is 2.19 bits per heavy atom. The number of piperidine rings is 1. The molecule has 0 radical (unpaired) electrons. The van der Waals surface area contributed by atoms with Gasteiger partial charge in [-0.15, -0.1) is 0 Å². The summed E-state index contributed by atoms with van der Waals surface area (Å²) in [6, 6.07) is 0.771. The van der Waals surface area contributed by atoms with Gasteiger partial charge in [0.2, 0.25) is 0 Å². The minimum Gasteiger partial charge on any atom is -0.449 e. The third-order valence-corrected chi connectivity index (χ3v) is 5.66. The van der Waals surface area contributed by atoms with Crippen LogP contribution < -0.4 is 0 Å². The number of hydrogen-bond donors (Lipinski definition) is 0. The molecule has 1 spiro atoms. The van der Waals surface area contributed by atoms with Crippen molar-refractivity contribution in [3.63, 3.8) is 0 Å². The van der Waals surface area contributed by atoms with Gasteiger partial charge in [0.1, 0.15) is 0 Å². The smallest absolute Gasteiger partial charge is 0.332 e. The normalized spacial score (nSPS) is 40.5. The van der Waals surface area contributed by atoms with Crippen molar-refractivity contribution < 1.29 is 9.53 Å². The Balaban J connectivity index is 1.61. The van der Waals surface area contributed by atoms with Crippen LogP contribution in [0.4, 0.5) is 0 Å². The first-order chi connectivity index (χ1) is 10.3. The molecule has 21 heavy (non-hydrogen) atoms. The third-order valence-electron chi connectivity index (χ3n) is 5.66. The first-order valence-electron chi connectivity index (χ1n) is 8.21. The van der Waals surface area contributed by atoms with Crippen molar-refractivity contribution in [1.29, 1.82) is 0 Å². The van der Waals surface area contributed by atoms with Crippen LogP contribution in [0.25, 0.3) is 0 Å². The molecule has 3 fully saturated rings. The molecule has 3 atom stereocenters. The van der Waals surface area contributed by atoms with Gasteiger partial charge in [-0.2, -0.15) is 0 Å². The molecule has 5 rings (SSSR count). The number of rotatable bonds is 0. The molecule has 0 N–H and O–H groups in total. The van der Waals surface area contributed by atoms with Gasteiger partial charge in [-0.3, -0.25) is 4.90 Å². The van der Waals surface area contributed by atoms with Crippen LogP contribution in [-0.4, -0.2) is 35.1 Å². The molecule has 3 nitrogen and oxygen atoms in total. The molecule has 5 aliphatic rings. The van der Waals surface area contributed by atoms with Gasteiger partial charge in [0.05, 0.1) is 6.04 Å². The van der Waals surface area contributed by atoms with Gasteiger partial charge in [-0.1, -0.05) is 24.3 Å². The molecular weight excluding hydrogens is 262 g/mol. The van der Waals surface area contributed by atoms with Crippen molar-refractivity contribution in [1.82, 2.24) is 4.90 Å². The molecule has 108 valence electrons. The SMILES string of the molecule is O=C1C=C2C(C#CC3CC3)=CC3CC2(O1)C1CCCCN31. The van der Waals surface area contributed by atoms with Crippen molar-refractivity contribution in [2.75, 3.05) is 6.54 Å². The highest BCUT2D eigenvalue weighted by atomic mass is 16.6. The van der Waals surface area contributed by atoms with Crippen molar-refractivity contribution in [3.8, 4) is 11.8 Å². The van der Waals surface area contributed by atoms with E-state index < -0.39 is 0 Å². The number of carbonyl (C=O) groups is 1. The zero-order valence-electron chi connectivity index (χ0n) is 12.1. The van der Waals surface area contributed by atoms with E-state index in [1.54, 1.807) is 6.08 Å². The van der Waals surface area contributed by atoms with Crippen LogP contribution in [0.1, 0.15) is 38.5 Å². The van der Waals surface area contributed by atoms with E-state index in [1.807, 2.05) is 0 Å². The average Bonchev–Trinajstić information content (AvgIpc) is 3.20. The number of fused-ring (bicyclic) bond motifs is 3. The van der Waals surface area contributed by atoms with Gasteiger partial charge in [0, 0.05) is 35.6 Å². The lowest BCUT2D eigenvalue weighted by atomic mass is 9.77. The molecule has 3 aliphatic heterocycles. The van der Waals surface area contributed by atoms with Crippen molar-refractivity contribution >= 4 is 5.97 Å². The lowest BCUT2D eigenvalue weighted by Gasteiger charge is -2.38. The second kappa shape index (κ2) is 4.01. The maximum atomic E-state index is 12.0. The second-order valence-electron chi connectivity index (χ2n) is 7.01. The van der Waals surface area contributed by atoms with E-state index in [0.29, 0.717) is 18.0 Å². The summed E-state index contributed by atoms with van der Waals surface area (Å²) in [5.74, 6) is 7.14. The molecule has 0 aromatic heterocycles. The fourth-order valence-electron chi connectivity index (χ4n) is 4.58. The predicted octanol–water partition coefficient (Wildman–Crippen LogP) is 2.19. The Labute approximate surface area is 125 Å². The van der Waals surface area contributed by atoms with Gasteiger partial charge in [0.15, 0.2) is 5.60 Å². The summed E-state index contributed by atoms with van der Waals surface area (Å²) < 4.78 is 5.88. The molecule has 3 heteroatoms. The minimum absolute atomic E-state index is 0.169. The molecule has 3 heterocycles. The van der Waals surface area contributed by atoms with Crippen molar-refractivity contribution in [2.45, 2.75) is 56.2 Å². The van der Waals surface area contributed by atoms with E-state index in [9.17, 15) is 4.79 Å². The first kappa shape index (κ1) is 12.1.